The monoisotopic (exact) mass is 399 g/mol. The molecule has 136 valence electrons. The standard InChI is InChI=1S/C18H13N3O4S2/c1-23-13-4-2-11(3-5-13)16-20-15(25-21-16)8-24-18(22)14-10-27-17(19-14)12-6-7-26-9-12/h2-7,9-10H,8H2,1H3. The van der Waals surface area contributed by atoms with Gasteiger partial charge in [-0.15, -0.1) is 11.3 Å². The highest BCUT2D eigenvalue weighted by atomic mass is 32.1. The average Bonchev–Trinajstić information content (AvgIpc) is 3.47. The largest absolute Gasteiger partial charge is 0.497 e. The van der Waals surface area contributed by atoms with Crippen LogP contribution in [0.3, 0.4) is 0 Å². The first-order valence-corrected chi connectivity index (χ1v) is 9.67. The van der Waals surface area contributed by atoms with Crippen molar-refractivity contribution in [1.29, 1.82) is 0 Å². The number of hydrogen-bond donors (Lipinski definition) is 0. The molecule has 7 nitrogen and oxygen atoms in total. The van der Waals surface area contributed by atoms with Gasteiger partial charge in [-0.25, -0.2) is 9.78 Å². The molecule has 0 spiro atoms. The Kier molecular flexibility index (Phi) is 4.95. The molecule has 0 radical (unpaired) electrons. The Morgan fingerprint density at radius 3 is 2.70 bits per heavy atom. The molecule has 1 aromatic carbocycles. The van der Waals surface area contributed by atoms with E-state index in [2.05, 4.69) is 15.1 Å². The van der Waals surface area contributed by atoms with Crippen molar-refractivity contribution in [2.75, 3.05) is 7.11 Å². The summed E-state index contributed by atoms with van der Waals surface area (Å²) in [7, 11) is 1.60. The minimum Gasteiger partial charge on any atom is -0.497 e. The molecule has 0 fully saturated rings. The van der Waals surface area contributed by atoms with Crippen LogP contribution in [0.4, 0.5) is 0 Å². The molecule has 4 aromatic rings. The number of carbonyl (C=O) groups excluding carboxylic acids is 1. The first kappa shape index (κ1) is 17.4. The Labute approximate surface area is 162 Å². The summed E-state index contributed by atoms with van der Waals surface area (Å²) in [5, 5.41) is 10.3. The Morgan fingerprint density at radius 2 is 1.96 bits per heavy atom. The highest BCUT2D eigenvalue weighted by Crippen LogP contribution is 2.26. The number of nitrogens with zero attached hydrogens (tertiary/aromatic N) is 3. The van der Waals surface area contributed by atoms with E-state index < -0.39 is 5.97 Å². The van der Waals surface area contributed by atoms with Crippen molar-refractivity contribution in [3.05, 3.63) is 58.1 Å². The summed E-state index contributed by atoms with van der Waals surface area (Å²) in [6.45, 7) is -0.118. The van der Waals surface area contributed by atoms with Crippen LogP contribution in [0, 0.1) is 0 Å². The summed E-state index contributed by atoms with van der Waals surface area (Å²) in [6.07, 6.45) is 0. The fourth-order valence-corrected chi connectivity index (χ4v) is 3.76. The first-order valence-electron chi connectivity index (χ1n) is 7.85. The van der Waals surface area contributed by atoms with E-state index in [-0.39, 0.29) is 18.2 Å². The maximum absolute atomic E-state index is 12.2. The van der Waals surface area contributed by atoms with Gasteiger partial charge in [0.25, 0.3) is 5.89 Å². The minimum absolute atomic E-state index is 0.118. The lowest BCUT2D eigenvalue weighted by Crippen LogP contribution is -2.05. The highest BCUT2D eigenvalue weighted by Gasteiger charge is 2.16. The second-order valence-corrected chi connectivity index (χ2v) is 7.00. The zero-order valence-corrected chi connectivity index (χ0v) is 15.8. The minimum atomic E-state index is -0.531. The SMILES string of the molecule is COc1ccc(-c2noc(COC(=O)c3csc(-c4ccsc4)n3)n2)cc1. The molecule has 0 bridgehead atoms. The summed E-state index contributed by atoms with van der Waals surface area (Å²) in [5.74, 6) is 0.831. The second kappa shape index (κ2) is 7.68. The van der Waals surface area contributed by atoms with Gasteiger partial charge in [0.1, 0.15) is 10.8 Å². The molecular formula is C18H13N3O4S2. The van der Waals surface area contributed by atoms with Crippen LogP contribution in [0.25, 0.3) is 22.0 Å². The zero-order chi connectivity index (χ0) is 18.6. The van der Waals surface area contributed by atoms with Crippen molar-refractivity contribution >= 4 is 28.6 Å². The normalized spacial score (nSPS) is 10.7. The van der Waals surface area contributed by atoms with Gasteiger partial charge in [0.15, 0.2) is 12.3 Å². The number of ether oxygens (including phenoxy) is 2. The molecule has 9 heteroatoms. The van der Waals surface area contributed by atoms with Gasteiger partial charge >= 0.3 is 5.97 Å². The number of thiazole rings is 1. The molecule has 0 aliphatic carbocycles. The molecule has 3 aromatic heterocycles. The van der Waals surface area contributed by atoms with E-state index in [9.17, 15) is 4.79 Å². The lowest BCUT2D eigenvalue weighted by atomic mass is 10.2. The van der Waals surface area contributed by atoms with Gasteiger partial charge < -0.3 is 14.0 Å². The molecule has 0 unspecified atom stereocenters. The third-order valence-corrected chi connectivity index (χ3v) is 5.20. The van der Waals surface area contributed by atoms with Gasteiger partial charge in [0.2, 0.25) is 5.82 Å². The van der Waals surface area contributed by atoms with Crippen LogP contribution >= 0.6 is 22.7 Å². The molecule has 0 aliphatic rings. The first-order chi connectivity index (χ1) is 13.2. The van der Waals surface area contributed by atoms with E-state index in [0.29, 0.717) is 5.82 Å². The third-order valence-electron chi connectivity index (χ3n) is 3.62. The summed E-state index contributed by atoms with van der Waals surface area (Å²) >= 11 is 2.97. The van der Waals surface area contributed by atoms with Crippen LogP contribution in [0.2, 0.25) is 0 Å². The molecule has 0 amide bonds. The van der Waals surface area contributed by atoms with Crippen molar-refractivity contribution in [2.45, 2.75) is 6.61 Å². The maximum atomic E-state index is 12.2. The van der Waals surface area contributed by atoms with Gasteiger partial charge in [-0.1, -0.05) is 5.16 Å². The molecule has 0 saturated heterocycles. The van der Waals surface area contributed by atoms with Crippen LogP contribution in [0.1, 0.15) is 16.4 Å². The van der Waals surface area contributed by atoms with Crippen molar-refractivity contribution < 1.29 is 18.8 Å². The summed E-state index contributed by atoms with van der Waals surface area (Å²) in [5.41, 5.74) is 2.03. The number of carbonyl (C=O) groups is 1. The maximum Gasteiger partial charge on any atom is 0.358 e. The number of thiophene rings is 1. The number of esters is 1. The van der Waals surface area contributed by atoms with Crippen LogP contribution < -0.4 is 4.74 Å². The molecule has 0 N–H and O–H groups in total. The average molecular weight is 399 g/mol. The molecule has 4 rings (SSSR count). The third kappa shape index (κ3) is 3.88. The Bertz CT molecular complexity index is 1040. The highest BCUT2D eigenvalue weighted by molar-refractivity contribution is 7.14. The van der Waals surface area contributed by atoms with Crippen molar-refractivity contribution in [1.82, 2.24) is 15.1 Å². The van der Waals surface area contributed by atoms with Crippen LogP contribution in [0.5, 0.6) is 5.75 Å². The summed E-state index contributed by atoms with van der Waals surface area (Å²) in [6, 6.07) is 9.20. The molecule has 0 atom stereocenters. The second-order valence-electron chi connectivity index (χ2n) is 5.37. The number of methoxy groups -OCH3 is 1. The van der Waals surface area contributed by atoms with Crippen LogP contribution in [0.15, 0.2) is 51.0 Å². The Morgan fingerprint density at radius 1 is 1.11 bits per heavy atom. The predicted molar refractivity (Wildman–Crippen MR) is 101 cm³/mol. The fourth-order valence-electron chi connectivity index (χ4n) is 2.26. The van der Waals surface area contributed by atoms with Crippen LogP contribution in [-0.4, -0.2) is 28.2 Å². The zero-order valence-electron chi connectivity index (χ0n) is 14.1. The molecule has 0 saturated carbocycles. The summed E-state index contributed by atoms with van der Waals surface area (Å²) in [4.78, 5) is 20.7. The van der Waals surface area contributed by atoms with E-state index in [0.717, 1.165) is 21.9 Å². The molecule has 27 heavy (non-hydrogen) atoms. The number of aromatic nitrogens is 3. The Balaban J connectivity index is 1.39. The van der Waals surface area contributed by atoms with E-state index in [1.807, 2.05) is 29.0 Å². The van der Waals surface area contributed by atoms with E-state index >= 15 is 0 Å². The number of hydrogen-bond acceptors (Lipinski definition) is 9. The number of rotatable bonds is 6. The molecular weight excluding hydrogens is 386 g/mol. The van der Waals surface area contributed by atoms with Crippen molar-refractivity contribution in [3.8, 4) is 27.7 Å². The smallest absolute Gasteiger partial charge is 0.358 e. The van der Waals surface area contributed by atoms with E-state index in [4.69, 9.17) is 14.0 Å². The Hall–Kier alpha value is -3.04. The van der Waals surface area contributed by atoms with Crippen molar-refractivity contribution in [3.63, 3.8) is 0 Å². The van der Waals surface area contributed by atoms with E-state index in [1.54, 1.807) is 36.0 Å². The van der Waals surface area contributed by atoms with Gasteiger partial charge in [-0.2, -0.15) is 16.3 Å². The van der Waals surface area contributed by atoms with E-state index in [1.165, 1.54) is 11.3 Å². The summed E-state index contributed by atoms with van der Waals surface area (Å²) < 4.78 is 15.5. The number of benzene rings is 1. The topological polar surface area (TPSA) is 87.3 Å². The van der Waals surface area contributed by atoms with Gasteiger partial charge in [0, 0.05) is 21.9 Å². The predicted octanol–water partition coefficient (Wildman–Crippen LogP) is 4.29. The fraction of sp³-hybridized carbons (Fsp3) is 0.111. The van der Waals surface area contributed by atoms with Gasteiger partial charge in [-0.05, 0) is 35.7 Å². The van der Waals surface area contributed by atoms with Gasteiger partial charge in [-0.3, -0.25) is 0 Å². The van der Waals surface area contributed by atoms with Crippen molar-refractivity contribution in [2.24, 2.45) is 0 Å². The quantitative estimate of drug-likeness (QED) is 0.447. The molecule has 3 heterocycles. The lowest BCUT2D eigenvalue weighted by molar-refractivity contribution is 0.0424. The lowest BCUT2D eigenvalue weighted by Gasteiger charge is -1.99. The molecule has 0 aliphatic heterocycles. The van der Waals surface area contributed by atoms with Crippen LogP contribution in [-0.2, 0) is 11.3 Å². The van der Waals surface area contributed by atoms with Gasteiger partial charge in [0.05, 0.1) is 7.11 Å².